The van der Waals surface area contributed by atoms with Gasteiger partial charge >= 0.3 is 0 Å². The van der Waals surface area contributed by atoms with Crippen LogP contribution in [0.4, 0.5) is 0 Å². The topological polar surface area (TPSA) is 21.3 Å². The molecule has 0 heterocycles. The van der Waals surface area contributed by atoms with E-state index in [1.807, 2.05) is 0 Å². The van der Waals surface area contributed by atoms with Crippen molar-refractivity contribution in [3.05, 3.63) is 34.3 Å². The van der Waals surface area contributed by atoms with E-state index in [0.29, 0.717) is 12.0 Å². The van der Waals surface area contributed by atoms with E-state index >= 15 is 0 Å². The molecule has 108 valence electrons. The summed E-state index contributed by atoms with van der Waals surface area (Å²) in [6.45, 7) is 9.30. The predicted molar refractivity (Wildman–Crippen MR) is 85.7 cm³/mol. The second-order valence-electron chi connectivity index (χ2n) is 5.16. The van der Waals surface area contributed by atoms with Crippen molar-refractivity contribution in [3.8, 4) is 0 Å². The molecular weight excluding hydrogens is 302 g/mol. The van der Waals surface area contributed by atoms with Gasteiger partial charge < -0.3 is 10.1 Å². The fourth-order valence-electron chi connectivity index (χ4n) is 2.02. The van der Waals surface area contributed by atoms with E-state index in [1.165, 1.54) is 12.0 Å². The van der Waals surface area contributed by atoms with E-state index in [9.17, 15) is 0 Å². The van der Waals surface area contributed by atoms with Gasteiger partial charge in [-0.1, -0.05) is 35.0 Å². The molecular formula is C16H26BrNO. The first kappa shape index (κ1) is 16.7. The maximum Gasteiger partial charge on any atom is 0.0518 e. The van der Waals surface area contributed by atoms with Crippen LogP contribution in [0.5, 0.6) is 0 Å². The zero-order chi connectivity index (χ0) is 14.1. The fourth-order valence-corrected chi connectivity index (χ4v) is 2.28. The molecule has 0 bridgehead atoms. The molecule has 0 fully saturated rings. The van der Waals surface area contributed by atoms with E-state index in [4.69, 9.17) is 4.74 Å². The monoisotopic (exact) mass is 327 g/mol. The smallest absolute Gasteiger partial charge is 0.0518 e. The molecule has 1 N–H and O–H groups in total. The second kappa shape index (κ2) is 9.51. The van der Waals surface area contributed by atoms with E-state index in [-0.39, 0.29) is 0 Å². The molecule has 0 radical (unpaired) electrons. The number of nitrogens with one attached hydrogen (secondary N) is 1. The summed E-state index contributed by atoms with van der Waals surface area (Å²) in [5.41, 5.74) is 1.39. The largest absolute Gasteiger partial charge is 0.379 e. The fraction of sp³-hybridized carbons (Fsp3) is 0.625. The summed E-state index contributed by atoms with van der Waals surface area (Å²) in [5, 5.41) is 3.52. The first-order chi connectivity index (χ1) is 9.13. The molecule has 0 spiro atoms. The Bertz CT molecular complexity index is 337. The molecule has 0 aliphatic carbocycles. The second-order valence-corrected chi connectivity index (χ2v) is 6.08. The Balaban J connectivity index is 2.54. The Morgan fingerprint density at radius 2 is 1.89 bits per heavy atom. The molecule has 1 aromatic carbocycles. The van der Waals surface area contributed by atoms with Crippen molar-refractivity contribution < 1.29 is 4.74 Å². The molecule has 0 saturated heterocycles. The minimum atomic E-state index is 0.314. The molecule has 1 unspecified atom stereocenters. The van der Waals surface area contributed by atoms with Gasteiger partial charge in [-0.2, -0.15) is 0 Å². The number of halogens is 1. The van der Waals surface area contributed by atoms with Gasteiger partial charge in [0.15, 0.2) is 0 Å². The van der Waals surface area contributed by atoms with Crippen LogP contribution in [-0.4, -0.2) is 25.8 Å². The average molecular weight is 328 g/mol. The van der Waals surface area contributed by atoms with Crippen molar-refractivity contribution in [3.63, 3.8) is 0 Å². The van der Waals surface area contributed by atoms with Crippen LogP contribution in [0.1, 0.15) is 45.1 Å². The third-order valence-electron chi connectivity index (χ3n) is 3.08. The first-order valence-electron chi connectivity index (χ1n) is 7.21. The SMILES string of the molecule is CCCNCC(CCOC(C)C)c1ccc(Br)cc1. The number of benzene rings is 1. The highest BCUT2D eigenvalue weighted by atomic mass is 79.9. The highest BCUT2D eigenvalue weighted by Gasteiger charge is 2.11. The van der Waals surface area contributed by atoms with Crippen molar-refractivity contribution in [1.82, 2.24) is 5.32 Å². The molecule has 19 heavy (non-hydrogen) atoms. The quantitative estimate of drug-likeness (QED) is 0.681. The van der Waals surface area contributed by atoms with Crippen LogP contribution in [0.15, 0.2) is 28.7 Å². The molecule has 3 heteroatoms. The van der Waals surface area contributed by atoms with Gasteiger partial charge in [0, 0.05) is 17.6 Å². The molecule has 1 rings (SSSR count). The summed E-state index contributed by atoms with van der Waals surface area (Å²) in [6, 6.07) is 8.65. The molecule has 0 amide bonds. The summed E-state index contributed by atoms with van der Waals surface area (Å²) in [6.07, 6.45) is 2.56. The number of ether oxygens (including phenoxy) is 1. The molecule has 1 aromatic rings. The van der Waals surface area contributed by atoms with Gasteiger partial charge in [-0.3, -0.25) is 0 Å². The van der Waals surface area contributed by atoms with Crippen LogP contribution in [-0.2, 0) is 4.74 Å². The standard InChI is InChI=1S/C16H26BrNO/c1-4-10-18-12-15(9-11-19-13(2)3)14-5-7-16(17)8-6-14/h5-8,13,15,18H,4,9-12H2,1-3H3. The molecule has 1 atom stereocenters. The van der Waals surface area contributed by atoms with E-state index in [0.717, 1.165) is 30.6 Å². The van der Waals surface area contributed by atoms with Crippen LogP contribution >= 0.6 is 15.9 Å². The summed E-state index contributed by atoms with van der Waals surface area (Å²) in [4.78, 5) is 0. The minimum Gasteiger partial charge on any atom is -0.379 e. The van der Waals surface area contributed by atoms with Gasteiger partial charge in [0.25, 0.3) is 0 Å². The molecule has 0 aromatic heterocycles. The maximum atomic E-state index is 5.69. The lowest BCUT2D eigenvalue weighted by Gasteiger charge is -2.19. The summed E-state index contributed by atoms with van der Waals surface area (Å²) in [5.74, 6) is 0.526. The Kier molecular flexibility index (Phi) is 8.35. The molecule has 0 aliphatic heterocycles. The van der Waals surface area contributed by atoms with Crippen LogP contribution in [0.2, 0.25) is 0 Å². The summed E-state index contributed by atoms with van der Waals surface area (Å²) >= 11 is 3.49. The van der Waals surface area contributed by atoms with Gasteiger partial charge in [0.05, 0.1) is 6.10 Å². The van der Waals surface area contributed by atoms with Crippen LogP contribution in [0.25, 0.3) is 0 Å². The Hall–Kier alpha value is -0.380. The van der Waals surface area contributed by atoms with E-state index < -0.39 is 0 Å². The number of hydrogen-bond donors (Lipinski definition) is 1. The van der Waals surface area contributed by atoms with Crippen LogP contribution in [0, 0.1) is 0 Å². The Morgan fingerprint density at radius 3 is 2.47 bits per heavy atom. The minimum absolute atomic E-state index is 0.314. The molecule has 0 saturated carbocycles. The molecule has 2 nitrogen and oxygen atoms in total. The normalized spacial score (nSPS) is 12.9. The zero-order valence-corrected chi connectivity index (χ0v) is 13.9. The lowest BCUT2D eigenvalue weighted by molar-refractivity contribution is 0.0733. The highest BCUT2D eigenvalue weighted by molar-refractivity contribution is 9.10. The van der Waals surface area contributed by atoms with Crippen molar-refractivity contribution in [2.45, 2.75) is 45.6 Å². The van der Waals surface area contributed by atoms with Gasteiger partial charge in [0.1, 0.15) is 0 Å². The van der Waals surface area contributed by atoms with E-state index in [1.54, 1.807) is 0 Å². The van der Waals surface area contributed by atoms with Crippen molar-refractivity contribution in [2.75, 3.05) is 19.7 Å². The van der Waals surface area contributed by atoms with Crippen molar-refractivity contribution in [1.29, 1.82) is 0 Å². The van der Waals surface area contributed by atoms with Crippen molar-refractivity contribution in [2.24, 2.45) is 0 Å². The third-order valence-corrected chi connectivity index (χ3v) is 3.61. The summed E-state index contributed by atoms with van der Waals surface area (Å²) in [7, 11) is 0. The Morgan fingerprint density at radius 1 is 1.21 bits per heavy atom. The van der Waals surface area contributed by atoms with Gasteiger partial charge in [-0.15, -0.1) is 0 Å². The van der Waals surface area contributed by atoms with Gasteiger partial charge in [-0.05, 0) is 56.8 Å². The van der Waals surface area contributed by atoms with Crippen molar-refractivity contribution >= 4 is 15.9 Å². The molecule has 0 aliphatic rings. The number of hydrogen-bond acceptors (Lipinski definition) is 2. The number of rotatable bonds is 9. The zero-order valence-electron chi connectivity index (χ0n) is 12.3. The lowest BCUT2D eigenvalue weighted by atomic mass is 9.96. The van der Waals surface area contributed by atoms with Crippen LogP contribution < -0.4 is 5.32 Å². The Labute approximate surface area is 126 Å². The van der Waals surface area contributed by atoms with E-state index in [2.05, 4.69) is 66.3 Å². The predicted octanol–water partition coefficient (Wildman–Crippen LogP) is 4.35. The highest BCUT2D eigenvalue weighted by Crippen LogP contribution is 2.21. The van der Waals surface area contributed by atoms with Gasteiger partial charge in [-0.25, -0.2) is 0 Å². The van der Waals surface area contributed by atoms with Gasteiger partial charge in [0.2, 0.25) is 0 Å². The first-order valence-corrected chi connectivity index (χ1v) is 8.00. The maximum absolute atomic E-state index is 5.69. The summed E-state index contributed by atoms with van der Waals surface area (Å²) < 4.78 is 6.82. The lowest BCUT2D eigenvalue weighted by Crippen LogP contribution is -2.23. The third kappa shape index (κ3) is 7.09. The average Bonchev–Trinajstić information content (AvgIpc) is 2.38. The van der Waals surface area contributed by atoms with Crippen LogP contribution in [0.3, 0.4) is 0 Å².